The summed E-state index contributed by atoms with van der Waals surface area (Å²) in [6.07, 6.45) is 0. The van der Waals surface area contributed by atoms with Crippen molar-refractivity contribution in [1.29, 1.82) is 0 Å². The van der Waals surface area contributed by atoms with Gasteiger partial charge < -0.3 is 10.2 Å². The number of carbonyl (C=O) groups excluding carboxylic acids is 1. The molecule has 1 amide bonds. The SMILES string of the molecule is CCN(c1ccccc1)c1ccc(C(=O)Nc2ccccc2)nn1. The molecule has 120 valence electrons. The van der Waals surface area contributed by atoms with E-state index in [2.05, 4.69) is 15.5 Å². The van der Waals surface area contributed by atoms with Gasteiger partial charge in [0, 0.05) is 17.9 Å². The smallest absolute Gasteiger partial charge is 0.276 e. The van der Waals surface area contributed by atoms with Gasteiger partial charge in [-0.15, -0.1) is 10.2 Å². The summed E-state index contributed by atoms with van der Waals surface area (Å²) in [6.45, 7) is 2.80. The number of amides is 1. The van der Waals surface area contributed by atoms with Crippen molar-refractivity contribution < 1.29 is 4.79 Å². The molecule has 0 saturated heterocycles. The maximum atomic E-state index is 12.2. The molecule has 5 heteroatoms. The fourth-order valence-corrected chi connectivity index (χ4v) is 2.39. The number of nitrogens with zero attached hydrogens (tertiary/aromatic N) is 3. The third kappa shape index (κ3) is 3.57. The zero-order chi connectivity index (χ0) is 16.8. The Balaban J connectivity index is 1.76. The van der Waals surface area contributed by atoms with E-state index in [4.69, 9.17) is 0 Å². The van der Waals surface area contributed by atoms with E-state index in [1.165, 1.54) is 0 Å². The quantitative estimate of drug-likeness (QED) is 0.775. The van der Waals surface area contributed by atoms with E-state index in [-0.39, 0.29) is 11.6 Å². The molecule has 0 atom stereocenters. The Morgan fingerprint density at radius 2 is 1.58 bits per heavy atom. The highest BCUT2D eigenvalue weighted by Gasteiger charge is 2.12. The van der Waals surface area contributed by atoms with E-state index in [0.29, 0.717) is 5.82 Å². The van der Waals surface area contributed by atoms with Gasteiger partial charge in [-0.05, 0) is 43.3 Å². The van der Waals surface area contributed by atoms with Crippen LogP contribution in [0, 0.1) is 0 Å². The molecular weight excluding hydrogens is 300 g/mol. The third-order valence-electron chi connectivity index (χ3n) is 3.58. The monoisotopic (exact) mass is 318 g/mol. The van der Waals surface area contributed by atoms with E-state index in [0.717, 1.165) is 17.9 Å². The van der Waals surface area contributed by atoms with Crippen LogP contribution in [0.4, 0.5) is 17.2 Å². The Morgan fingerprint density at radius 1 is 0.917 bits per heavy atom. The molecule has 0 unspecified atom stereocenters. The van der Waals surface area contributed by atoms with Crippen LogP contribution in [0.2, 0.25) is 0 Å². The first kappa shape index (κ1) is 15.7. The molecule has 1 heterocycles. The molecule has 0 spiro atoms. The standard InChI is InChI=1S/C19H18N4O/c1-2-23(16-11-7-4-8-12-16)18-14-13-17(21-22-18)19(24)20-15-9-5-3-6-10-15/h3-14H,2H2,1H3,(H,20,24). The number of rotatable bonds is 5. The Hall–Kier alpha value is -3.21. The van der Waals surface area contributed by atoms with E-state index in [1.54, 1.807) is 6.07 Å². The van der Waals surface area contributed by atoms with Crippen molar-refractivity contribution in [2.45, 2.75) is 6.92 Å². The summed E-state index contributed by atoms with van der Waals surface area (Å²) in [5.41, 5.74) is 2.05. The average molecular weight is 318 g/mol. The highest BCUT2D eigenvalue weighted by atomic mass is 16.1. The lowest BCUT2D eigenvalue weighted by molar-refractivity contribution is 0.102. The number of hydrogen-bond donors (Lipinski definition) is 1. The number of carbonyl (C=O) groups is 1. The molecule has 3 aromatic rings. The van der Waals surface area contributed by atoms with Crippen LogP contribution in [-0.2, 0) is 0 Å². The van der Waals surface area contributed by atoms with Crippen LogP contribution in [0.25, 0.3) is 0 Å². The number of hydrogen-bond acceptors (Lipinski definition) is 4. The molecule has 0 aliphatic carbocycles. The summed E-state index contributed by atoms with van der Waals surface area (Å²) in [4.78, 5) is 14.2. The molecule has 3 rings (SSSR count). The van der Waals surface area contributed by atoms with Crippen LogP contribution < -0.4 is 10.2 Å². The highest BCUT2D eigenvalue weighted by molar-refractivity contribution is 6.02. The van der Waals surface area contributed by atoms with Gasteiger partial charge >= 0.3 is 0 Å². The lowest BCUT2D eigenvalue weighted by Gasteiger charge is -2.21. The molecular formula is C19H18N4O. The van der Waals surface area contributed by atoms with Gasteiger partial charge in [0.1, 0.15) is 0 Å². The van der Waals surface area contributed by atoms with Crippen molar-refractivity contribution in [3.63, 3.8) is 0 Å². The Bertz CT molecular complexity index is 789. The van der Waals surface area contributed by atoms with Crippen molar-refractivity contribution in [2.24, 2.45) is 0 Å². The number of para-hydroxylation sites is 2. The first-order valence-electron chi connectivity index (χ1n) is 7.80. The molecule has 5 nitrogen and oxygen atoms in total. The summed E-state index contributed by atoms with van der Waals surface area (Å²) in [5.74, 6) is 0.433. The highest BCUT2D eigenvalue weighted by Crippen LogP contribution is 2.22. The summed E-state index contributed by atoms with van der Waals surface area (Å²) < 4.78 is 0. The molecule has 24 heavy (non-hydrogen) atoms. The molecule has 0 saturated carbocycles. The lowest BCUT2D eigenvalue weighted by Crippen LogP contribution is -2.19. The largest absolute Gasteiger partial charge is 0.325 e. The fraction of sp³-hybridized carbons (Fsp3) is 0.105. The maximum Gasteiger partial charge on any atom is 0.276 e. The van der Waals surface area contributed by atoms with E-state index < -0.39 is 0 Å². The van der Waals surface area contributed by atoms with Crippen molar-refractivity contribution in [2.75, 3.05) is 16.8 Å². The molecule has 2 aromatic carbocycles. The molecule has 0 aliphatic rings. The molecule has 0 radical (unpaired) electrons. The van der Waals surface area contributed by atoms with Gasteiger partial charge in [-0.1, -0.05) is 36.4 Å². The van der Waals surface area contributed by atoms with E-state index >= 15 is 0 Å². The number of nitrogens with one attached hydrogen (secondary N) is 1. The summed E-state index contributed by atoms with van der Waals surface area (Å²) >= 11 is 0. The average Bonchev–Trinajstić information content (AvgIpc) is 2.65. The molecule has 0 aliphatic heterocycles. The second-order valence-corrected chi connectivity index (χ2v) is 5.18. The molecule has 0 bridgehead atoms. The zero-order valence-corrected chi connectivity index (χ0v) is 13.4. The Morgan fingerprint density at radius 3 is 2.17 bits per heavy atom. The van der Waals surface area contributed by atoms with Crippen LogP contribution in [0.3, 0.4) is 0 Å². The van der Waals surface area contributed by atoms with E-state index in [9.17, 15) is 4.79 Å². The molecule has 1 aromatic heterocycles. The predicted octanol–water partition coefficient (Wildman–Crippen LogP) is 3.89. The second kappa shape index (κ2) is 7.37. The first-order valence-corrected chi connectivity index (χ1v) is 7.80. The number of benzene rings is 2. The first-order chi connectivity index (χ1) is 11.8. The summed E-state index contributed by atoms with van der Waals surface area (Å²) in [5, 5.41) is 11.1. The van der Waals surface area contributed by atoms with Gasteiger partial charge in [0.25, 0.3) is 5.91 Å². The lowest BCUT2D eigenvalue weighted by atomic mass is 10.2. The van der Waals surface area contributed by atoms with Crippen LogP contribution in [-0.4, -0.2) is 22.6 Å². The molecule has 1 N–H and O–H groups in total. The summed E-state index contributed by atoms with van der Waals surface area (Å²) in [6, 6.07) is 22.7. The minimum atomic E-state index is -0.275. The minimum Gasteiger partial charge on any atom is -0.325 e. The van der Waals surface area contributed by atoms with E-state index in [1.807, 2.05) is 78.6 Å². The zero-order valence-electron chi connectivity index (χ0n) is 13.4. The summed E-state index contributed by atoms with van der Waals surface area (Å²) in [7, 11) is 0. The van der Waals surface area contributed by atoms with Crippen LogP contribution in [0.5, 0.6) is 0 Å². The van der Waals surface area contributed by atoms with Gasteiger partial charge in [-0.2, -0.15) is 0 Å². The molecule has 0 fully saturated rings. The van der Waals surface area contributed by atoms with Gasteiger partial charge in [-0.25, -0.2) is 0 Å². The van der Waals surface area contributed by atoms with Gasteiger partial charge in [0.15, 0.2) is 11.5 Å². The second-order valence-electron chi connectivity index (χ2n) is 5.18. The number of anilines is 3. The normalized spacial score (nSPS) is 10.2. The number of aromatic nitrogens is 2. The van der Waals surface area contributed by atoms with Gasteiger partial charge in [0.05, 0.1) is 0 Å². The minimum absolute atomic E-state index is 0.275. The van der Waals surface area contributed by atoms with Crippen LogP contribution in [0.1, 0.15) is 17.4 Å². The Kier molecular flexibility index (Phi) is 4.81. The Labute approximate surface area is 141 Å². The van der Waals surface area contributed by atoms with Gasteiger partial charge in [-0.3, -0.25) is 4.79 Å². The fourth-order valence-electron chi connectivity index (χ4n) is 2.39. The third-order valence-corrected chi connectivity index (χ3v) is 3.58. The van der Waals surface area contributed by atoms with Crippen molar-refractivity contribution >= 4 is 23.1 Å². The topological polar surface area (TPSA) is 58.1 Å². The van der Waals surface area contributed by atoms with Crippen molar-refractivity contribution in [3.05, 3.63) is 78.5 Å². The van der Waals surface area contributed by atoms with Crippen molar-refractivity contribution in [1.82, 2.24) is 10.2 Å². The predicted molar refractivity (Wildman–Crippen MR) is 95.5 cm³/mol. The van der Waals surface area contributed by atoms with Gasteiger partial charge in [0.2, 0.25) is 0 Å². The van der Waals surface area contributed by atoms with Crippen LogP contribution >= 0.6 is 0 Å². The maximum absolute atomic E-state index is 12.2. The van der Waals surface area contributed by atoms with Crippen LogP contribution in [0.15, 0.2) is 72.8 Å². The van der Waals surface area contributed by atoms with Crippen molar-refractivity contribution in [3.8, 4) is 0 Å².